The molecule has 0 bridgehead atoms. The molecular weight excluding hydrogens is 325 g/mol. The molecule has 0 radical (unpaired) electrons. The third kappa shape index (κ3) is 13.1. The third-order valence-electron chi connectivity index (χ3n) is 1.64. The summed E-state index contributed by atoms with van der Waals surface area (Å²) in [6.07, 6.45) is -2.56. The summed E-state index contributed by atoms with van der Waals surface area (Å²) >= 11 is 0. The maximum atomic E-state index is 10.8. The Morgan fingerprint density at radius 1 is 0.737 bits per heavy atom. The summed E-state index contributed by atoms with van der Waals surface area (Å²) in [7, 11) is -12.2. The predicted molar refractivity (Wildman–Crippen MR) is 65.2 cm³/mol. The predicted octanol–water partition coefficient (Wildman–Crippen LogP) is -1.42. The van der Waals surface area contributed by atoms with Crippen LogP contribution in [0.5, 0.6) is 0 Å². The van der Waals surface area contributed by atoms with Gasteiger partial charge >= 0.3 is 22.8 Å². The van der Waals surface area contributed by atoms with Crippen molar-refractivity contribution in [2.24, 2.45) is 0 Å². The highest BCUT2D eigenvalue weighted by Gasteiger charge is 2.27. The first kappa shape index (κ1) is 19.4. The topological polar surface area (TPSA) is 179 Å². The molecule has 0 atom stereocenters. The lowest BCUT2D eigenvalue weighted by Gasteiger charge is -2.28. The van der Waals surface area contributed by atoms with Crippen LogP contribution in [0, 0.1) is 0 Å². The van der Waals surface area contributed by atoms with Crippen molar-refractivity contribution in [1.82, 2.24) is 9.80 Å². The molecule has 14 heteroatoms. The van der Waals surface area contributed by atoms with E-state index in [0.717, 1.165) is 9.80 Å². The minimum atomic E-state index is -4.55. The summed E-state index contributed by atoms with van der Waals surface area (Å²) in [6, 6.07) is 0. The smallest absolute Gasteiger partial charge is 0.324 e. The van der Waals surface area contributed by atoms with Crippen LogP contribution >= 0.6 is 22.8 Å². The summed E-state index contributed by atoms with van der Waals surface area (Å²) in [5.74, 6) is 0. The minimum absolute atomic E-state index is 0.415. The van der Waals surface area contributed by atoms with E-state index >= 15 is 0 Å². The highest BCUT2D eigenvalue weighted by molar-refractivity contribution is 7.52. The molecule has 0 spiro atoms. The molecule has 0 heterocycles. The van der Waals surface area contributed by atoms with E-state index in [-0.39, 0.29) is 0 Å². The van der Waals surface area contributed by atoms with Gasteiger partial charge in [0.05, 0.1) is 6.67 Å². The molecule has 0 amide bonds. The summed E-state index contributed by atoms with van der Waals surface area (Å²) in [5.41, 5.74) is 0. The average molecular weight is 342 g/mol. The van der Waals surface area contributed by atoms with Crippen molar-refractivity contribution in [2.45, 2.75) is 0 Å². The fourth-order valence-electron chi connectivity index (χ4n) is 1.36. The quantitative estimate of drug-likeness (QED) is 0.225. The molecule has 0 rings (SSSR count). The Bertz CT molecular complexity index is 400. The zero-order chi connectivity index (χ0) is 15.5. The molecule has 0 aliphatic heterocycles. The molecule has 0 aromatic heterocycles. The van der Waals surface area contributed by atoms with Gasteiger partial charge in [0, 0.05) is 0 Å². The monoisotopic (exact) mass is 342 g/mol. The van der Waals surface area contributed by atoms with Crippen molar-refractivity contribution < 1.29 is 43.1 Å². The van der Waals surface area contributed by atoms with Crippen LogP contribution < -0.4 is 0 Å². The second-order valence-corrected chi connectivity index (χ2v) is 8.92. The first-order chi connectivity index (χ1) is 8.18. The van der Waals surface area contributed by atoms with E-state index in [1.54, 1.807) is 0 Å². The SMILES string of the molecule is CN(CN(CP(=O)(O)O)CP(=O)(O)O)CP(=O)(O)O. The number of nitrogens with zero attached hydrogens (tertiary/aromatic N) is 2. The van der Waals surface area contributed by atoms with Crippen molar-refractivity contribution in [2.75, 3.05) is 32.6 Å². The Hall–Kier alpha value is 0.370. The highest BCUT2D eigenvalue weighted by atomic mass is 31.2. The maximum Gasteiger partial charge on any atom is 0.339 e. The van der Waals surface area contributed by atoms with Gasteiger partial charge in [0.1, 0.15) is 18.9 Å². The van der Waals surface area contributed by atoms with Crippen molar-refractivity contribution in [3.05, 3.63) is 0 Å². The fraction of sp³-hybridized carbons (Fsp3) is 1.00. The summed E-state index contributed by atoms with van der Waals surface area (Å²) < 4.78 is 32.4. The zero-order valence-electron chi connectivity index (χ0n) is 9.97. The molecule has 0 unspecified atom stereocenters. The lowest BCUT2D eigenvalue weighted by Crippen LogP contribution is -2.37. The van der Waals surface area contributed by atoms with E-state index in [4.69, 9.17) is 29.4 Å². The van der Waals surface area contributed by atoms with Crippen LogP contribution in [-0.2, 0) is 13.7 Å². The van der Waals surface area contributed by atoms with Gasteiger partial charge in [-0.15, -0.1) is 0 Å². The molecule has 19 heavy (non-hydrogen) atoms. The summed E-state index contributed by atoms with van der Waals surface area (Å²) in [6.45, 7) is -0.415. The van der Waals surface area contributed by atoms with Gasteiger partial charge in [-0.3, -0.25) is 23.5 Å². The van der Waals surface area contributed by atoms with Crippen molar-refractivity contribution in [3.63, 3.8) is 0 Å². The van der Waals surface area contributed by atoms with Crippen LogP contribution in [0.2, 0.25) is 0 Å². The molecule has 0 aliphatic rings. The zero-order valence-corrected chi connectivity index (χ0v) is 12.7. The van der Waals surface area contributed by atoms with Crippen LogP contribution in [0.15, 0.2) is 0 Å². The normalized spacial score (nSPS) is 14.4. The second-order valence-electron chi connectivity index (χ2n) is 4.09. The average Bonchev–Trinajstić information content (AvgIpc) is 1.90. The molecule has 116 valence electrons. The van der Waals surface area contributed by atoms with Crippen LogP contribution in [0.1, 0.15) is 0 Å². The van der Waals surface area contributed by atoms with Gasteiger partial charge in [-0.2, -0.15) is 0 Å². The van der Waals surface area contributed by atoms with Gasteiger partial charge in [0.15, 0.2) is 0 Å². The van der Waals surface area contributed by atoms with Gasteiger partial charge in [0.25, 0.3) is 0 Å². The Kier molecular flexibility index (Phi) is 7.02. The summed E-state index contributed by atoms with van der Waals surface area (Å²) in [5, 5.41) is 0. The molecule has 11 nitrogen and oxygen atoms in total. The van der Waals surface area contributed by atoms with E-state index < -0.39 is 48.3 Å². The van der Waals surface area contributed by atoms with E-state index in [9.17, 15) is 13.7 Å². The molecule has 0 aliphatic carbocycles. The Morgan fingerprint density at radius 2 is 1.05 bits per heavy atom. The Morgan fingerprint density at radius 3 is 1.32 bits per heavy atom. The largest absolute Gasteiger partial charge is 0.339 e. The van der Waals surface area contributed by atoms with Crippen LogP contribution in [0.4, 0.5) is 0 Å². The van der Waals surface area contributed by atoms with Gasteiger partial charge < -0.3 is 29.4 Å². The van der Waals surface area contributed by atoms with Gasteiger partial charge in [-0.1, -0.05) is 0 Å². The van der Waals surface area contributed by atoms with E-state index in [2.05, 4.69) is 0 Å². The van der Waals surface area contributed by atoms with E-state index in [1.807, 2.05) is 0 Å². The Labute approximate surface area is 109 Å². The molecule has 0 fully saturated rings. The standard InChI is InChI=1S/C5H17N2O9P3/c1-6(3-17(8,9)10)2-7(4-18(11,12)13)5-19(14,15)16/h2-5H2,1H3,(H2,8,9,10)(H2,11,12,13)(H2,14,15,16). The first-order valence-electron chi connectivity index (χ1n) is 4.72. The van der Waals surface area contributed by atoms with E-state index in [1.165, 1.54) is 7.05 Å². The molecule has 0 saturated carbocycles. The van der Waals surface area contributed by atoms with Crippen molar-refractivity contribution >= 4 is 22.8 Å². The second kappa shape index (κ2) is 6.89. The van der Waals surface area contributed by atoms with Crippen molar-refractivity contribution in [3.8, 4) is 0 Å². The first-order valence-corrected chi connectivity index (χ1v) is 10.1. The number of hydrogen-bond acceptors (Lipinski definition) is 5. The number of hydrogen-bond donors (Lipinski definition) is 6. The van der Waals surface area contributed by atoms with Crippen molar-refractivity contribution in [1.29, 1.82) is 0 Å². The molecule has 6 N–H and O–H groups in total. The Balaban J connectivity index is 4.72. The maximum absolute atomic E-state index is 10.8. The molecule has 0 aromatic rings. The lowest BCUT2D eigenvalue weighted by molar-refractivity contribution is 0.184. The molecule has 0 saturated heterocycles. The lowest BCUT2D eigenvalue weighted by atomic mass is 10.8. The van der Waals surface area contributed by atoms with Crippen LogP contribution in [0.25, 0.3) is 0 Å². The molecule has 0 aromatic carbocycles. The third-order valence-corrected chi connectivity index (χ3v) is 4.02. The van der Waals surface area contributed by atoms with E-state index in [0.29, 0.717) is 0 Å². The van der Waals surface area contributed by atoms with Gasteiger partial charge in [0.2, 0.25) is 0 Å². The number of rotatable bonds is 8. The fourth-order valence-corrected chi connectivity index (χ4v) is 3.65. The minimum Gasteiger partial charge on any atom is -0.324 e. The van der Waals surface area contributed by atoms with Gasteiger partial charge in [-0.05, 0) is 7.05 Å². The van der Waals surface area contributed by atoms with Crippen LogP contribution in [0.3, 0.4) is 0 Å². The van der Waals surface area contributed by atoms with Gasteiger partial charge in [-0.25, -0.2) is 0 Å². The molecular formula is C5H17N2O9P3. The van der Waals surface area contributed by atoms with Crippen LogP contribution in [-0.4, -0.2) is 71.7 Å². The highest BCUT2D eigenvalue weighted by Crippen LogP contribution is 2.41. The summed E-state index contributed by atoms with van der Waals surface area (Å²) in [4.78, 5) is 54.3.